The van der Waals surface area contributed by atoms with E-state index in [9.17, 15) is 14.7 Å². The Bertz CT molecular complexity index is 728. The van der Waals surface area contributed by atoms with E-state index >= 15 is 0 Å². The molecule has 0 saturated carbocycles. The van der Waals surface area contributed by atoms with Crippen LogP contribution in [0.1, 0.15) is 22.8 Å². The van der Waals surface area contributed by atoms with Crippen molar-refractivity contribution in [1.82, 2.24) is 0 Å². The first-order valence-corrected chi connectivity index (χ1v) is 7.73. The predicted molar refractivity (Wildman–Crippen MR) is 90.5 cm³/mol. The molecule has 0 fully saturated rings. The van der Waals surface area contributed by atoms with Gasteiger partial charge in [0.15, 0.2) is 6.10 Å². The van der Waals surface area contributed by atoms with Crippen LogP contribution in [-0.4, -0.2) is 23.1 Å². The summed E-state index contributed by atoms with van der Waals surface area (Å²) >= 11 is 3.31. The van der Waals surface area contributed by atoms with Crippen molar-refractivity contribution in [3.63, 3.8) is 0 Å². The quantitative estimate of drug-likeness (QED) is 0.797. The topological polar surface area (TPSA) is 75.6 Å². The molecule has 2 aromatic carbocycles. The van der Waals surface area contributed by atoms with Gasteiger partial charge in [0.1, 0.15) is 11.3 Å². The van der Waals surface area contributed by atoms with E-state index in [2.05, 4.69) is 21.2 Å². The second-order valence-corrected chi connectivity index (χ2v) is 5.98. The van der Waals surface area contributed by atoms with Crippen LogP contribution in [0.4, 0.5) is 5.69 Å². The van der Waals surface area contributed by atoms with Gasteiger partial charge in [-0.15, -0.1) is 0 Å². The number of amides is 1. The van der Waals surface area contributed by atoms with Gasteiger partial charge in [-0.25, -0.2) is 4.79 Å². The summed E-state index contributed by atoms with van der Waals surface area (Å²) in [4.78, 5) is 24.1. The minimum atomic E-state index is -0.994. The predicted octanol–water partition coefficient (Wildman–Crippen LogP) is 3.65. The molecule has 0 bridgehead atoms. The normalized spacial score (nSPS) is 11.6. The van der Waals surface area contributed by atoms with E-state index in [4.69, 9.17) is 4.74 Å². The van der Waals surface area contributed by atoms with Gasteiger partial charge in [0.2, 0.25) is 0 Å². The maximum atomic E-state index is 12.0. The lowest BCUT2D eigenvalue weighted by molar-refractivity contribution is -0.123. The molecule has 23 heavy (non-hydrogen) atoms. The van der Waals surface area contributed by atoms with E-state index in [1.807, 2.05) is 0 Å². The second-order valence-electron chi connectivity index (χ2n) is 5.06. The third-order valence-corrected chi connectivity index (χ3v) is 3.67. The molecular weight excluding hydrogens is 362 g/mol. The SMILES string of the molecule is Cc1ccc(C(=O)O[C@H](C)C(=O)Nc2ccc(Br)cc2)c(O)c1. The zero-order valence-electron chi connectivity index (χ0n) is 12.7. The Labute approximate surface area is 142 Å². The number of anilines is 1. The molecule has 1 amide bonds. The number of hydrogen-bond donors (Lipinski definition) is 2. The van der Waals surface area contributed by atoms with Crippen LogP contribution in [0.25, 0.3) is 0 Å². The number of carbonyl (C=O) groups excluding carboxylic acids is 2. The van der Waals surface area contributed by atoms with Crippen molar-refractivity contribution in [3.05, 3.63) is 58.1 Å². The molecule has 0 spiro atoms. The van der Waals surface area contributed by atoms with Crippen LogP contribution in [0.15, 0.2) is 46.9 Å². The molecule has 0 heterocycles. The maximum absolute atomic E-state index is 12.0. The number of aromatic hydroxyl groups is 1. The summed E-state index contributed by atoms with van der Waals surface area (Å²) in [7, 11) is 0. The van der Waals surface area contributed by atoms with Gasteiger partial charge in [0.05, 0.1) is 0 Å². The Balaban J connectivity index is 2.00. The molecule has 2 N–H and O–H groups in total. The maximum Gasteiger partial charge on any atom is 0.342 e. The molecule has 6 heteroatoms. The summed E-state index contributed by atoms with van der Waals surface area (Å²) in [5.74, 6) is -1.37. The fourth-order valence-corrected chi connectivity index (χ4v) is 2.13. The highest BCUT2D eigenvalue weighted by Gasteiger charge is 2.21. The van der Waals surface area contributed by atoms with Gasteiger partial charge in [0.25, 0.3) is 5.91 Å². The lowest BCUT2D eigenvalue weighted by Crippen LogP contribution is -2.30. The number of aryl methyl sites for hydroxylation is 1. The molecule has 0 aliphatic heterocycles. The molecule has 1 atom stereocenters. The Hall–Kier alpha value is -2.34. The number of rotatable bonds is 4. The van der Waals surface area contributed by atoms with Gasteiger partial charge in [0, 0.05) is 10.2 Å². The first-order valence-electron chi connectivity index (χ1n) is 6.94. The van der Waals surface area contributed by atoms with Crippen LogP contribution in [0.3, 0.4) is 0 Å². The van der Waals surface area contributed by atoms with Gasteiger partial charge in [-0.3, -0.25) is 4.79 Å². The third-order valence-electron chi connectivity index (χ3n) is 3.14. The van der Waals surface area contributed by atoms with Crippen LogP contribution in [-0.2, 0) is 9.53 Å². The number of halogens is 1. The first kappa shape index (κ1) is 17.0. The van der Waals surface area contributed by atoms with Crippen molar-refractivity contribution < 1.29 is 19.4 Å². The molecule has 0 aliphatic rings. The molecule has 0 radical (unpaired) electrons. The van der Waals surface area contributed by atoms with Crippen molar-refractivity contribution in [1.29, 1.82) is 0 Å². The second kappa shape index (κ2) is 7.28. The minimum Gasteiger partial charge on any atom is -0.507 e. The summed E-state index contributed by atoms with van der Waals surface area (Å²) < 4.78 is 5.99. The van der Waals surface area contributed by atoms with Crippen LogP contribution in [0.2, 0.25) is 0 Å². The highest BCUT2D eigenvalue weighted by Crippen LogP contribution is 2.20. The van der Waals surface area contributed by atoms with Crippen LogP contribution >= 0.6 is 15.9 Å². The molecule has 0 aliphatic carbocycles. The summed E-state index contributed by atoms with van der Waals surface area (Å²) in [5, 5.41) is 12.4. The Kier molecular flexibility index (Phi) is 5.39. The van der Waals surface area contributed by atoms with Crippen molar-refractivity contribution in [2.45, 2.75) is 20.0 Å². The number of hydrogen-bond acceptors (Lipinski definition) is 4. The number of ether oxygens (including phenoxy) is 1. The fraction of sp³-hybridized carbons (Fsp3) is 0.176. The van der Waals surface area contributed by atoms with E-state index in [0.717, 1.165) is 10.0 Å². The largest absolute Gasteiger partial charge is 0.507 e. The summed E-state index contributed by atoms with van der Waals surface area (Å²) in [6.07, 6.45) is -0.994. The van der Waals surface area contributed by atoms with Crippen molar-refractivity contribution in [2.24, 2.45) is 0 Å². The van der Waals surface area contributed by atoms with E-state index in [1.165, 1.54) is 19.1 Å². The van der Waals surface area contributed by atoms with Crippen LogP contribution in [0, 0.1) is 6.92 Å². The molecule has 5 nitrogen and oxygen atoms in total. The molecule has 0 saturated heterocycles. The molecule has 2 rings (SSSR count). The molecular formula is C17H16BrNO4. The standard InChI is InChI=1S/C17H16BrNO4/c1-10-3-8-14(15(20)9-10)17(22)23-11(2)16(21)19-13-6-4-12(18)5-7-13/h3-9,11,20H,1-2H3,(H,19,21)/t11-/m1/s1. The van der Waals surface area contributed by atoms with Crippen molar-refractivity contribution in [3.8, 4) is 5.75 Å². The van der Waals surface area contributed by atoms with E-state index in [-0.39, 0.29) is 11.3 Å². The highest BCUT2D eigenvalue weighted by molar-refractivity contribution is 9.10. The average Bonchev–Trinajstić information content (AvgIpc) is 2.49. The van der Waals surface area contributed by atoms with Crippen molar-refractivity contribution in [2.75, 3.05) is 5.32 Å². The Morgan fingerprint density at radius 1 is 1.17 bits per heavy atom. The first-order chi connectivity index (χ1) is 10.9. The molecule has 0 unspecified atom stereocenters. The number of carbonyl (C=O) groups is 2. The highest BCUT2D eigenvalue weighted by atomic mass is 79.9. The number of phenols is 1. The van der Waals surface area contributed by atoms with Gasteiger partial charge in [-0.05, 0) is 55.8 Å². The van der Waals surface area contributed by atoms with E-state index in [1.54, 1.807) is 37.3 Å². The van der Waals surface area contributed by atoms with E-state index in [0.29, 0.717) is 5.69 Å². The smallest absolute Gasteiger partial charge is 0.342 e. The fourth-order valence-electron chi connectivity index (χ4n) is 1.87. The molecule has 0 aromatic heterocycles. The van der Waals surface area contributed by atoms with Crippen molar-refractivity contribution >= 4 is 33.5 Å². The molecule has 120 valence electrons. The zero-order valence-corrected chi connectivity index (χ0v) is 14.3. The van der Waals surface area contributed by atoms with Crippen LogP contribution in [0.5, 0.6) is 5.75 Å². The number of phenolic OH excluding ortho intramolecular Hbond substituents is 1. The van der Waals surface area contributed by atoms with Gasteiger partial charge in [-0.2, -0.15) is 0 Å². The zero-order chi connectivity index (χ0) is 17.0. The Morgan fingerprint density at radius 2 is 1.83 bits per heavy atom. The third kappa shape index (κ3) is 4.56. The summed E-state index contributed by atoms with van der Waals surface area (Å²) in [6.45, 7) is 3.26. The van der Waals surface area contributed by atoms with Gasteiger partial charge >= 0.3 is 5.97 Å². The monoisotopic (exact) mass is 377 g/mol. The van der Waals surface area contributed by atoms with Gasteiger partial charge in [-0.1, -0.05) is 22.0 Å². The lowest BCUT2D eigenvalue weighted by Gasteiger charge is -2.14. The van der Waals surface area contributed by atoms with Crippen LogP contribution < -0.4 is 5.32 Å². The number of esters is 1. The Morgan fingerprint density at radius 3 is 2.43 bits per heavy atom. The summed E-state index contributed by atoms with van der Waals surface area (Å²) in [5.41, 5.74) is 1.44. The number of nitrogens with one attached hydrogen (secondary N) is 1. The lowest BCUT2D eigenvalue weighted by atomic mass is 10.1. The molecule has 2 aromatic rings. The van der Waals surface area contributed by atoms with E-state index < -0.39 is 18.0 Å². The number of benzene rings is 2. The van der Waals surface area contributed by atoms with Gasteiger partial charge < -0.3 is 15.2 Å². The average molecular weight is 378 g/mol. The minimum absolute atomic E-state index is 0.0268. The summed E-state index contributed by atoms with van der Waals surface area (Å²) in [6, 6.07) is 11.6.